The van der Waals surface area contributed by atoms with Gasteiger partial charge in [-0.25, -0.2) is 9.78 Å². The van der Waals surface area contributed by atoms with Crippen LogP contribution in [0.5, 0.6) is 5.75 Å². The first kappa shape index (κ1) is 30.9. The number of amides is 1. The molecule has 1 amide bonds. The molecule has 1 atom stereocenters. The van der Waals surface area contributed by atoms with E-state index in [-0.39, 0.29) is 11.7 Å². The van der Waals surface area contributed by atoms with Crippen LogP contribution in [0.3, 0.4) is 0 Å². The van der Waals surface area contributed by atoms with Gasteiger partial charge in [-0.05, 0) is 48.9 Å². The van der Waals surface area contributed by atoms with Crippen LogP contribution in [0.1, 0.15) is 38.9 Å². The molecule has 0 saturated heterocycles. The Hall–Kier alpha value is -5.57. The maximum Gasteiger partial charge on any atom is 0.328 e. The van der Waals surface area contributed by atoms with E-state index in [0.717, 1.165) is 11.1 Å². The highest BCUT2D eigenvalue weighted by Crippen LogP contribution is 2.22. The fraction of sp³-hybridized carbons (Fsp3) is 0.194. The number of nitrogens with zero attached hydrogens (tertiary/aromatic N) is 3. The van der Waals surface area contributed by atoms with E-state index in [0.29, 0.717) is 59.9 Å². The van der Waals surface area contributed by atoms with Gasteiger partial charge >= 0.3 is 5.97 Å². The number of aromatic nitrogens is 2. The quantitative estimate of drug-likeness (QED) is 0.137. The molecule has 228 valence electrons. The maximum absolute atomic E-state index is 13.2. The Kier molecular flexibility index (Phi) is 10.1. The van der Waals surface area contributed by atoms with E-state index in [1.807, 2.05) is 79.7 Å². The first-order valence-electron chi connectivity index (χ1n) is 14.7. The number of hydrogen-bond donors (Lipinski definition) is 1. The van der Waals surface area contributed by atoms with Crippen molar-refractivity contribution in [2.45, 2.75) is 19.4 Å². The van der Waals surface area contributed by atoms with E-state index in [9.17, 15) is 14.4 Å². The first-order chi connectivity index (χ1) is 22.0. The van der Waals surface area contributed by atoms with E-state index in [4.69, 9.17) is 9.47 Å². The Labute approximate surface area is 261 Å². The van der Waals surface area contributed by atoms with Gasteiger partial charge in [-0.15, -0.1) is 0 Å². The highest BCUT2D eigenvalue weighted by molar-refractivity contribution is 6.12. The van der Waals surface area contributed by atoms with Gasteiger partial charge in [0.2, 0.25) is 0 Å². The summed E-state index contributed by atoms with van der Waals surface area (Å²) in [5, 5.41) is 3.23. The van der Waals surface area contributed by atoms with E-state index in [1.165, 1.54) is 13.3 Å². The lowest BCUT2D eigenvalue weighted by molar-refractivity contribution is -0.141. The lowest BCUT2D eigenvalue weighted by atomic mass is 10.00. The molecular weight excluding hydrogens is 568 g/mol. The molecule has 0 aliphatic rings. The van der Waals surface area contributed by atoms with Crippen molar-refractivity contribution in [1.29, 1.82) is 0 Å². The number of esters is 1. The minimum atomic E-state index is -0.728. The van der Waals surface area contributed by atoms with Crippen LogP contribution in [0.2, 0.25) is 0 Å². The largest absolute Gasteiger partial charge is 0.492 e. The summed E-state index contributed by atoms with van der Waals surface area (Å²) in [6.45, 7) is 3.07. The zero-order valence-electron chi connectivity index (χ0n) is 25.2. The molecule has 1 aromatic heterocycles. The molecule has 0 bridgehead atoms. The van der Waals surface area contributed by atoms with Gasteiger partial charge in [0.15, 0.2) is 5.78 Å². The first-order valence-corrected chi connectivity index (χ1v) is 14.7. The normalized spacial score (nSPS) is 11.4. The number of rotatable bonds is 13. The van der Waals surface area contributed by atoms with Crippen molar-refractivity contribution in [2.75, 3.05) is 32.1 Å². The molecule has 1 N–H and O–H groups in total. The number of ether oxygens (including phenoxy) is 2. The van der Waals surface area contributed by atoms with Crippen molar-refractivity contribution >= 4 is 34.4 Å². The third-order valence-electron chi connectivity index (χ3n) is 7.35. The van der Waals surface area contributed by atoms with Gasteiger partial charge in [-0.1, -0.05) is 66.7 Å². The molecule has 0 radical (unpaired) electrons. The van der Waals surface area contributed by atoms with Crippen molar-refractivity contribution in [1.82, 2.24) is 14.9 Å². The van der Waals surface area contributed by atoms with Crippen LogP contribution in [-0.4, -0.2) is 65.4 Å². The number of anilines is 1. The minimum absolute atomic E-state index is 0.141. The summed E-state index contributed by atoms with van der Waals surface area (Å²) < 4.78 is 11.0. The summed E-state index contributed by atoms with van der Waals surface area (Å²) in [5.41, 5.74) is 4.15. The molecule has 0 fully saturated rings. The van der Waals surface area contributed by atoms with Crippen LogP contribution in [0.25, 0.3) is 11.0 Å². The molecule has 5 rings (SSSR count). The lowest BCUT2D eigenvalue weighted by Gasteiger charge is -2.21. The van der Waals surface area contributed by atoms with Crippen LogP contribution in [0.15, 0.2) is 109 Å². The minimum Gasteiger partial charge on any atom is -0.492 e. The molecular formula is C36H34N4O5. The number of carbonyl (C=O) groups excluding carboxylic acids is 3. The second-order valence-corrected chi connectivity index (χ2v) is 10.3. The number of ketones is 1. The van der Waals surface area contributed by atoms with Crippen LogP contribution in [0, 0.1) is 0 Å². The average molecular weight is 603 g/mol. The Balaban J connectivity index is 1.20. The number of benzene rings is 4. The fourth-order valence-electron chi connectivity index (χ4n) is 4.93. The SMILES string of the molecule is CCN(CCOc1ccc(CC(Nc2ccccc2C(=O)c2ccccc2)C(=O)OC)cc1)C(=O)c1cnc2ccccc2n1. The fourth-order valence-corrected chi connectivity index (χ4v) is 4.93. The predicted octanol–water partition coefficient (Wildman–Crippen LogP) is 5.60. The zero-order valence-corrected chi connectivity index (χ0v) is 25.2. The average Bonchev–Trinajstić information content (AvgIpc) is 3.10. The van der Waals surface area contributed by atoms with Crippen molar-refractivity contribution < 1.29 is 23.9 Å². The molecule has 1 unspecified atom stereocenters. The third-order valence-corrected chi connectivity index (χ3v) is 7.35. The highest BCUT2D eigenvalue weighted by atomic mass is 16.5. The van der Waals surface area contributed by atoms with E-state index in [1.54, 1.807) is 35.2 Å². The summed E-state index contributed by atoms with van der Waals surface area (Å²) in [7, 11) is 1.34. The third kappa shape index (κ3) is 7.69. The summed E-state index contributed by atoms with van der Waals surface area (Å²) in [6, 6.07) is 30.2. The van der Waals surface area contributed by atoms with Gasteiger partial charge in [0.25, 0.3) is 5.91 Å². The molecule has 0 spiro atoms. The lowest BCUT2D eigenvalue weighted by Crippen LogP contribution is -2.35. The molecule has 5 aromatic rings. The molecule has 45 heavy (non-hydrogen) atoms. The molecule has 9 heteroatoms. The van der Waals surface area contributed by atoms with Gasteiger partial charge in [-0.3, -0.25) is 14.6 Å². The van der Waals surface area contributed by atoms with Gasteiger partial charge in [-0.2, -0.15) is 0 Å². The topological polar surface area (TPSA) is 111 Å². The Morgan fingerprint density at radius 1 is 0.844 bits per heavy atom. The number of likely N-dealkylation sites (N-methyl/N-ethyl adjacent to an activating group) is 1. The highest BCUT2D eigenvalue weighted by Gasteiger charge is 2.23. The monoisotopic (exact) mass is 602 g/mol. The smallest absolute Gasteiger partial charge is 0.328 e. The summed E-state index contributed by atoms with van der Waals surface area (Å²) in [6.07, 6.45) is 1.83. The zero-order chi connectivity index (χ0) is 31.6. The maximum atomic E-state index is 13.2. The van der Waals surface area contributed by atoms with Crippen molar-refractivity contribution in [3.8, 4) is 5.75 Å². The Morgan fingerprint density at radius 3 is 2.27 bits per heavy atom. The molecule has 4 aromatic carbocycles. The predicted molar refractivity (Wildman–Crippen MR) is 172 cm³/mol. The van der Waals surface area contributed by atoms with E-state index in [2.05, 4.69) is 15.3 Å². The van der Waals surface area contributed by atoms with Crippen LogP contribution < -0.4 is 10.1 Å². The molecule has 0 aliphatic heterocycles. The van der Waals surface area contributed by atoms with Crippen molar-refractivity contribution in [3.05, 3.63) is 132 Å². The number of nitrogens with one attached hydrogen (secondary N) is 1. The van der Waals surface area contributed by atoms with Crippen LogP contribution in [-0.2, 0) is 16.0 Å². The molecule has 0 saturated carbocycles. The Morgan fingerprint density at radius 2 is 1.53 bits per heavy atom. The standard InChI is InChI=1S/C36H34N4O5/c1-3-40(35(42)33-24-37-30-15-9-10-16-31(30)39-33)21-22-45-27-19-17-25(18-20-27)23-32(36(43)44-2)38-29-14-8-7-13-28(29)34(41)26-11-5-4-6-12-26/h4-20,24,32,38H,3,21-23H2,1-2H3. The van der Waals surface area contributed by atoms with Gasteiger partial charge in [0.05, 0.1) is 30.9 Å². The summed E-state index contributed by atoms with van der Waals surface area (Å²) in [4.78, 5) is 49.5. The second-order valence-electron chi connectivity index (χ2n) is 10.3. The molecule has 1 heterocycles. The number of methoxy groups -OCH3 is 1. The number of carbonyl (C=O) groups is 3. The number of hydrogen-bond acceptors (Lipinski definition) is 8. The van der Waals surface area contributed by atoms with Crippen LogP contribution in [0.4, 0.5) is 5.69 Å². The Bertz CT molecular complexity index is 1780. The van der Waals surface area contributed by atoms with Crippen molar-refractivity contribution in [3.63, 3.8) is 0 Å². The molecule has 0 aliphatic carbocycles. The summed E-state index contributed by atoms with van der Waals surface area (Å²) in [5.74, 6) is -0.160. The van der Waals surface area contributed by atoms with Gasteiger partial charge in [0.1, 0.15) is 24.1 Å². The van der Waals surface area contributed by atoms with E-state index >= 15 is 0 Å². The van der Waals surface area contributed by atoms with Gasteiger partial charge < -0.3 is 19.7 Å². The second kappa shape index (κ2) is 14.7. The van der Waals surface area contributed by atoms with Crippen molar-refractivity contribution in [2.24, 2.45) is 0 Å². The number of fused-ring (bicyclic) bond motifs is 1. The van der Waals surface area contributed by atoms with E-state index < -0.39 is 12.0 Å². The number of para-hydroxylation sites is 3. The summed E-state index contributed by atoms with van der Waals surface area (Å²) >= 11 is 0. The molecule has 9 nitrogen and oxygen atoms in total. The van der Waals surface area contributed by atoms with Crippen LogP contribution >= 0.6 is 0 Å². The van der Waals surface area contributed by atoms with Gasteiger partial charge in [0, 0.05) is 29.8 Å².